The van der Waals surface area contributed by atoms with E-state index >= 15 is 0 Å². The van der Waals surface area contributed by atoms with Crippen molar-refractivity contribution in [2.24, 2.45) is 11.7 Å². The van der Waals surface area contributed by atoms with E-state index in [-0.39, 0.29) is 6.04 Å². The van der Waals surface area contributed by atoms with E-state index in [9.17, 15) is 4.79 Å². The maximum atomic E-state index is 11.8. The van der Waals surface area contributed by atoms with Crippen LogP contribution >= 0.6 is 0 Å². The van der Waals surface area contributed by atoms with Crippen molar-refractivity contribution in [1.82, 2.24) is 15.0 Å². The lowest BCUT2D eigenvalue weighted by Crippen LogP contribution is -2.30. The summed E-state index contributed by atoms with van der Waals surface area (Å²) in [5, 5.41) is 6.87. The summed E-state index contributed by atoms with van der Waals surface area (Å²) in [6, 6.07) is 4.67. The minimum absolute atomic E-state index is 0.226. The third kappa shape index (κ3) is 4.24. The molecule has 2 aliphatic rings. The lowest BCUT2D eigenvalue weighted by molar-refractivity contribution is 0.100. The smallest absolute Gasteiger partial charge is 0.254 e. The summed E-state index contributed by atoms with van der Waals surface area (Å²) < 4.78 is 0. The number of anilines is 2. The fourth-order valence-electron chi connectivity index (χ4n) is 4.35. The molecule has 148 valence electrons. The Labute approximate surface area is 165 Å². The molecule has 7 nitrogen and oxygen atoms in total. The van der Waals surface area contributed by atoms with Gasteiger partial charge in [-0.1, -0.05) is 25.8 Å². The van der Waals surface area contributed by atoms with Gasteiger partial charge >= 0.3 is 0 Å². The SMILES string of the molecule is C[C@H]1CCC[C@@H](Nc2nc(N[C@@H]3CCc4cccnc4C3)ncc2C(N)=O)C1. The van der Waals surface area contributed by atoms with Gasteiger partial charge in [-0.2, -0.15) is 4.98 Å². The molecule has 2 aromatic rings. The number of primary amides is 1. The van der Waals surface area contributed by atoms with Gasteiger partial charge in [0.15, 0.2) is 0 Å². The van der Waals surface area contributed by atoms with Crippen LogP contribution in [0.5, 0.6) is 0 Å². The average Bonchev–Trinajstić information content (AvgIpc) is 2.68. The second kappa shape index (κ2) is 8.12. The highest BCUT2D eigenvalue weighted by Crippen LogP contribution is 2.27. The summed E-state index contributed by atoms with van der Waals surface area (Å²) in [5.74, 6) is 1.24. The maximum absolute atomic E-state index is 11.8. The van der Waals surface area contributed by atoms with Gasteiger partial charge in [-0.05, 0) is 43.2 Å². The highest BCUT2D eigenvalue weighted by molar-refractivity contribution is 5.97. The molecule has 2 aliphatic carbocycles. The Bertz CT molecular complexity index is 855. The van der Waals surface area contributed by atoms with Gasteiger partial charge in [-0.25, -0.2) is 4.98 Å². The van der Waals surface area contributed by atoms with Crippen molar-refractivity contribution in [2.75, 3.05) is 10.6 Å². The molecule has 0 saturated heterocycles. The summed E-state index contributed by atoms with van der Waals surface area (Å²) in [6.07, 6.45) is 10.8. The van der Waals surface area contributed by atoms with E-state index in [1.165, 1.54) is 24.6 Å². The third-order valence-electron chi connectivity index (χ3n) is 5.85. The van der Waals surface area contributed by atoms with Gasteiger partial charge in [-0.15, -0.1) is 0 Å². The van der Waals surface area contributed by atoms with Crippen molar-refractivity contribution in [3.63, 3.8) is 0 Å². The van der Waals surface area contributed by atoms with Crippen LogP contribution in [0.4, 0.5) is 11.8 Å². The van der Waals surface area contributed by atoms with Crippen molar-refractivity contribution >= 4 is 17.7 Å². The van der Waals surface area contributed by atoms with Crippen LogP contribution in [0.25, 0.3) is 0 Å². The van der Waals surface area contributed by atoms with Crippen LogP contribution in [0.2, 0.25) is 0 Å². The fraction of sp³-hybridized carbons (Fsp3) is 0.524. The molecule has 4 N–H and O–H groups in total. The van der Waals surface area contributed by atoms with Crippen LogP contribution < -0.4 is 16.4 Å². The molecular weight excluding hydrogens is 352 g/mol. The van der Waals surface area contributed by atoms with Crippen LogP contribution in [0, 0.1) is 5.92 Å². The number of pyridine rings is 1. The highest BCUT2D eigenvalue weighted by atomic mass is 16.1. The first-order valence-corrected chi connectivity index (χ1v) is 10.2. The highest BCUT2D eigenvalue weighted by Gasteiger charge is 2.23. The lowest BCUT2D eigenvalue weighted by atomic mass is 9.87. The fourth-order valence-corrected chi connectivity index (χ4v) is 4.35. The monoisotopic (exact) mass is 380 g/mol. The number of aromatic nitrogens is 3. The second-order valence-corrected chi connectivity index (χ2v) is 8.13. The second-order valence-electron chi connectivity index (χ2n) is 8.13. The Kier molecular flexibility index (Phi) is 5.41. The van der Waals surface area contributed by atoms with E-state index in [2.05, 4.69) is 38.6 Å². The van der Waals surface area contributed by atoms with Crippen LogP contribution in [-0.4, -0.2) is 32.9 Å². The van der Waals surface area contributed by atoms with E-state index in [0.29, 0.717) is 29.3 Å². The Balaban J connectivity index is 1.49. The number of nitrogens with two attached hydrogens (primary N) is 1. The number of amides is 1. The van der Waals surface area contributed by atoms with Crippen molar-refractivity contribution in [3.05, 3.63) is 41.3 Å². The summed E-state index contributed by atoms with van der Waals surface area (Å²) in [7, 11) is 0. The van der Waals surface area contributed by atoms with Gasteiger partial charge in [0.25, 0.3) is 5.91 Å². The van der Waals surface area contributed by atoms with E-state index in [4.69, 9.17) is 5.73 Å². The first kappa shape index (κ1) is 18.7. The number of fused-ring (bicyclic) bond motifs is 1. The quantitative estimate of drug-likeness (QED) is 0.736. The van der Waals surface area contributed by atoms with E-state index in [1.54, 1.807) is 0 Å². The van der Waals surface area contributed by atoms with Crippen molar-refractivity contribution in [2.45, 2.75) is 64.0 Å². The zero-order chi connectivity index (χ0) is 19.5. The number of aryl methyl sites for hydroxylation is 1. The Morgan fingerprint density at radius 1 is 1.18 bits per heavy atom. The zero-order valence-electron chi connectivity index (χ0n) is 16.3. The molecule has 0 aliphatic heterocycles. The molecule has 1 amide bonds. The molecule has 0 spiro atoms. The number of nitrogens with zero attached hydrogens (tertiary/aromatic N) is 3. The predicted octanol–water partition coefficient (Wildman–Crippen LogP) is 2.93. The van der Waals surface area contributed by atoms with Crippen molar-refractivity contribution in [3.8, 4) is 0 Å². The molecular formula is C21H28N6O. The van der Waals surface area contributed by atoms with Gasteiger partial charge in [0, 0.05) is 36.6 Å². The van der Waals surface area contributed by atoms with Gasteiger partial charge < -0.3 is 16.4 Å². The largest absolute Gasteiger partial charge is 0.366 e. The average molecular weight is 380 g/mol. The summed E-state index contributed by atoms with van der Waals surface area (Å²) in [4.78, 5) is 25.3. The molecule has 0 unspecified atom stereocenters. The number of hydrogen-bond donors (Lipinski definition) is 3. The molecule has 0 aromatic carbocycles. The zero-order valence-corrected chi connectivity index (χ0v) is 16.3. The third-order valence-corrected chi connectivity index (χ3v) is 5.85. The van der Waals surface area contributed by atoms with Crippen molar-refractivity contribution in [1.29, 1.82) is 0 Å². The number of carbonyl (C=O) groups excluding carboxylic acids is 1. The van der Waals surface area contributed by atoms with Crippen LogP contribution in [0.3, 0.4) is 0 Å². The number of hydrogen-bond acceptors (Lipinski definition) is 6. The Hall–Kier alpha value is -2.70. The van der Waals surface area contributed by atoms with Gasteiger partial charge in [0.2, 0.25) is 5.95 Å². The molecule has 3 atom stereocenters. The predicted molar refractivity (Wildman–Crippen MR) is 109 cm³/mol. The minimum Gasteiger partial charge on any atom is -0.366 e. The van der Waals surface area contributed by atoms with Gasteiger partial charge in [0.05, 0.1) is 5.56 Å². The normalized spacial score (nSPS) is 24.2. The molecule has 0 radical (unpaired) electrons. The Morgan fingerprint density at radius 3 is 2.89 bits per heavy atom. The van der Waals surface area contributed by atoms with Crippen molar-refractivity contribution < 1.29 is 4.79 Å². The molecule has 1 saturated carbocycles. The van der Waals surface area contributed by atoms with Crippen LogP contribution in [0.1, 0.15) is 60.6 Å². The molecule has 2 heterocycles. The number of rotatable bonds is 5. The summed E-state index contributed by atoms with van der Waals surface area (Å²) in [6.45, 7) is 2.27. The van der Waals surface area contributed by atoms with Gasteiger partial charge in [-0.3, -0.25) is 9.78 Å². The number of nitrogens with one attached hydrogen (secondary N) is 2. The van der Waals surface area contributed by atoms with E-state index < -0.39 is 5.91 Å². The summed E-state index contributed by atoms with van der Waals surface area (Å²) >= 11 is 0. The van der Waals surface area contributed by atoms with Crippen LogP contribution in [0.15, 0.2) is 24.5 Å². The standard InChI is InChI=1S/C21H28N6O/c1-13-4-2-6-15(10-13)25-20-17(19(22)28)12-24-21(27-20)26-16-8-7-14-5-3-9-23-18(14)11-16/h3,5,9,12-13,15-16H,2,4,6-8,10-11H2,1H3,(H2,22,28)(H2,24,25,26,27)/t13-,15+,16+/m0/s1. The number of carbonyl (C=O) groups is 1. The molecule has 4 rings (SSSR count). The van der Waals surface area contributed by atoms with E-state index in [1.807, 2.05) is 12.3 Å². The maximum Gasteiger partial charge on any atom is 0.254 e. The topological polar surface area (TPSA) is 106 Å². The van der Waals surface area contributed by atoms with E-state index in [0.717, 1.165) is 37.8 Å². The lowest BCUT2D eigenvalue weighted by Gasteiger charge is -2.28. The van der Waals surface area contributed by atoms with Gasteiger partial charge in [0.1, 0.15) is 5.82 Å². The first-order valence-electron chi connectivity index (χ1n) is 10.2. The Morgan fingerprint density at radius 2 is 2.07 bits per heavy atom. The molecule has 28 heavy (non-hydrogen) atoms. The molecule has 2 aromatic heterocycles. The minimum atomic E-state index is -0.506. The summed E-state index contributed by atoms with van der Waals surface area (Å²) in [5.41, 5.74) is 8.35. The molecule has 7 heteroatoms. The molecule has 0 bridgehead atoms. The molecule has 1 fully saturated rings. The van der Waals surface area contributed by atoms with Crippen LogP contribution in [-0.2, 0) is 12.8 Å². The first-order chi connectivity index (χ1) is 13.6.